The normalized spacial score (nSPS) is 11.6. The van der Waals surface area contributed by atoms with Gasteiger partial charge in [0.2, 0.25) is 0 Å². The molecule has 0 aliphatic rings. The first-order chi connectivity index (χ1) is 8.79. The molecule has 0 atom stereocenters. The van der Waals surface area contributed by atoms with Crippen LogP contribution in [0.15, 0.2) is 36.4 Å². The first kappa shape index (κ1) is 14.0. The second-order valence-corrected chi connectivity index (χ2v) is 4.68. The molecule has 0 heterocycles. The molecule has 0 bridgehead atoms. The molecule has 0 amide bonds. The van der Waals surface area contributed by atoms with Gasteiger partial charge in [-0.15, -0.1) is 0 Å². The lowest BCUT2D eigenvalue weighted by Crippen LogP contribution is -2.04. The van der Waals surface area contributed by atoms with Gasteiger partial charge in [0.1, 0.15) is 5.75 Å². The quantitative estimate of drug-likeness (QED) is 0.749. The molecule has 19 heavy (non-hydrogen) atoms. The number of aromatic hydroxyl groups is 1. The number of phenolic OH excluding ortho intramolecular Hbond substituents is 1. The molecule has 2 aromatic rings. The van der Waals surface area contributed by atoms with Gasteiger partial charge < -0.3 is 5.11 Å². The largest absolute Gasteiger partial charge is 0.506 e. The maximum Gasteiger partial charge on any atom is 0.416 e. The van der Waals surface area contributed by atoms with E-state index in [4.69, 9.17) is 23.2 Å². The van der Waals surface area contributed by atoms with Gasteiger partial charge in [-0.1, -0.05) is 35.3 Å². The summed E-state index contributed by atoms with van der Waals surface area (Å²) in [6.07, 6.45) is -4.43. The highest BCUT2D eigenvalue weighted by Crippen LogP contribution is 2.38. The first-order valence-electron chi connectivity index (χ1n) is 5.14. The highest BCUT2D eigenvalue weighted by Gasteiger charge is 2.30. The van der Waals surface area contributed by atoms with Crippen molar-refractivity contribution in [2.45, 2.75) is 6.18 Å². The Morgan fingerprint density at radius 2 is 1.63 bits per heavy atom. The van der Waals surface area contributed by atoms with E-state index in [0.29, 0.717) is 5.56 Å². The van der Waals surface area contributed by atoms with E-state index < -0.39 is 11.7 Å². The monoisotopic (exact) mass is 306 g/mol. The molecule has 0 saturated carbocycles. The Hall–Kier alpha value is -1.39. The zero-order valence-corrected chi connectivity index (χ0v) is 10.8. The molecule has 2 rings (SSSR count). The summed E-state index contributed by atoms with van der Waals surface area (Å²) in [5, 5.41) is 9.51. The van der Waals surface area contributed by atoms with Crippen LogP contribution in [-0.2, 0) is 6.18 Å². The number of rotatable bonds is 1. The summed E-state index contributed by atoms with van der Waals surface area (Å²) in [4.78, 5) is 0. The zero-order chi connectivity index (χ0) is 14.2. The molecule has 100 valence electrons. The van der Waals surface area contributed by atoms with Gasteiger partial charge in [-0.25, -0.2) is 0 Å². The topological polar surface area (TPSA) is 20.2 Å². The van der Waals surface area contributed by atoms with Crippen molar-refractivity contribution in [3.63, 3.8) is 0 Å². The molecule has 0 aliphatic carbocycles. The van der Waals surface area contributed by atoms with Crippen LogP contribution in [0, 0.1) is 0 Å². The van der Waals surface area contributed by atoms with E-state index in [9.17, 15) is 18.3 Å². The van der Waals surface area contributed by atoms with E-state index in [1.54, 1.807) is 0 Å². The van der Waals surface area contributed by atoms with Gasteiger partial charge in [0, 0.05) is 11.6 Å². The molecular formula is C13H7Cl2F3O. The van der Waals surface area contributed by atoms with Crippen molar-refractivity contribution in [1.82, 2.24) is 0 Å². The smallest absolute Gasteiger partial charge is 0.416 e. The highest BCUT2D eigenvalue weighted by atomic mass is 35.5. The van der Waals surface area contributed by atoms with Crippen LogP contribution in [-0.4, -0.2) is 5.11 Å². The lowest BCUT2D eigenvalue weighted by Gasteiger charge is -2.10. The van der Waals surface area contributed by atoms with Gasteiger partial charge in [0.05, 0.1) is 15.6 Å². The van der Waals surface area contributed by atoms with E-state index >= 15 is 0 Å². The maximum atomic E-state index is 12.6. The average Bonchev–Trinajstić information content (AvgIpc) is 2.33. The summed E-state index contributed by atoms with van der Waals surface area (Å²) in [5.74, 6) is -0.220. The summed E-state index contributed by atoms with van der Waals surface area (Å²) in [7, 11) is 0. The number of halogens is 5. The molecule has 0 aromatic heterocycles. The van der Waals surface area contributed by atoms with Crippen LogP contribution in [0.3, 0.4) is 0 Å². The maximum absolute atomic E-state index is 12.6. The van der Waals surface area contributed by atoms with Crippen molar-refractivity contribution in [2.24, 2.45) is 0 Å². The van der Waals surface area contributed by atoms with E-state index in [-0.39, 0.29) is 21.4 Å². The SMILES string of the molecule is Oc1cc(Cl)c(-c2cccc(C(F)(F)F)c2)cc1Cl. The summed E-state index contributed by atoms with van der Waals surface area (Å²) >= 11 is 11.6. The van der Waals surface area contributed by atoms with E-state index in [1.165, 1.54) is 24.3 Å². The summed E-state index contributed by atoms with van der Waals surface area (Å²) in [6, 6.07) is 7.25. The predicted octanol–water partition coefficient (Wildman–Crippen LogP) is 5.38. The Labute approximate surface area is 117 Å². The molecule has 6 heteroatoms. The molecule has 0 aliphatic heterocycles. The lowest BCUT2D eigenvalue weighted by molar-refractivity contribution is -0.137. The van der Waals surface area contributed by atoms with Crippen molar-refractivity contribution < 1.29 is 18.3 Å². The van der Waals surface area contributed by atoms with Gasteiger partial charge in [-0.05, 0) is 23.8 Å². The third kappa shape index (κ3) is 2.96. The fourth-order valence-electron chi connectivity index (χ4n) is 1.62. The van der Waals surface area contributed by atoms with E-state index in [2.05, 4.69) is 0 Å². The van der Waals surface area contributed by atoms with Gasteiger partial charge in [-0.3, -0.25) is 0 Å². The molecule has 1 N–H and O–H groups in total. The van der Waals surface area contributed by atoms with Gasteiger partial charge in [0.25, 0.3) is 0 Å². The minimum atomic E-state index is -4.43. The Morgan fingerprint density at radius 3 is 2.26 bits per heavy atom. The number of benzene rings is 2. The summed E-state index contributed by atoms with van der Waals surface area (Å²) in [6.45, 7) is 0. The second-order valence-electron chi connectivity index (χ2n) is 3.86. The zero-order valence-electron chi connectivity index (χ0n) is 9.30. The lowest BCUT2D eigenvalue weighted by atomic mass is 10.0. The standard InChI is InChI=1S/C13H7Cl2F3O/c14-10-6-12(19)11(15)5-9(10)7-2-1-3-8(4-7)13(16,17)18/h1-6,19H. The molecule has 2 aromatic carbocycles. The third-order valence-electron chi connectivity index (χ3n) is 2.54. The van der Waals surface area contributed by atoms with Crippen molar-refractivity contribution in [3.05, 3.63) is 52.0 Å². The van der Waals surface area contributed by atoms with Crippen LogP contribution in [0.2, 0.25) is 10.0 Å². The number of hydrogen-bond donors (Lipinski definition) is 1. The first-order valence-corrected chi connectivity index (χ1v) is 5.90. The van der Waals surface area contributed by atoms with Gasteiger partial charge >= 0.3 is 6.18 Å². The fraction of sp³-hybridized carbons (Fsp3) is 0.0769. The summed E-state index contributed by atoms with van der Waals surface area (Å²) in [5.41, 5.74) is -0.164. The second kappa shape index (κ2) is 4.94. The van der Waals surface area contributed by atoms with Crippen molar-refractivity contribution >= 4 is 23.2 Å². The van der Waals surface area contributed by atoms with Crippen LogP contribution in [0.5, 0.6) is 5.75 Å². The highest BCUT2D eigenvalue weighted by molar-refractivity contribution is 6.36. The Morgan fingerprint density at radius 1 is 0.947 bits per heavy atom. The molecular weight excluding hydrogens is 300 g/mol. The van der Waals surface area contributed by atoms with E-state index in [0.717, 1.165) is 12.1 Å². The predicted molar refractivity (Wildman–Crippen MR) is 68.6 cm³/mol. The van der Waals surface area contributed by atoms with Crippen molar-refractivity contribution in [1.29, 1.82) is 0 Å². The molecule has 0 fully saturated rings. The summed E-state index contributed by atoms with van der Waals surface area (Å²) < 4.78 is 37.9. The van der Waals surface area contributed by atoms with E-state index in [1.807, 2.05) is 0 Å². The van der Waals surface area contributed by atoms with Gasteiger partial charge in [-0.2, -0.15) is 13.2 Å². The Bertz CT molecular complexity index is 624. The Balaban J connectivity index is 2.57. The van der Waals surface area contributed by atoms with Crippen LogP contribution in [0.25, 0.3) is 11.1 Å². The average molecular weight is 307 g/mol. The van der Waals surface area contributed by atoms with Crippen LogP contribution >= 0.6 is 23.2 Å². The number of alkyl halides is 3. The van der Waals surface area contributed by atoms with Crippen LogP contribution in [0.4, 0.5) is 13.2 Å². The van der Waals surface area contributed by atoms with Crippen molar-refractivity contribution in [3.8, 4) is 16.9 Å². The molecule has 0 unspecified atom stereocenters. The number of hydrogen-bond acceptors (Lipinski definition) is 1. The van der Waals surface area contributed by atoms with Gasteiger partial charge in [0.15, 0.2) is 0 Å². The van der Waals surface area contributed by atoms with Crippen molar-refractivity contribution in [2.75, 3.05) is 0 Å². The molecule has 0 radical (unpaired) electrons. The molecule has 0 saturated heterocycles. The Kier molecular flexibility index (Phi) is 3.65. The third-order valence-corrected chi connectivity index (χ3v) is 3.15. The fourth-order valence-corrected chi connectivity index (χ4v) is 2.05. The molecule has 1 nitrogen and oxygen atoms in total. The minimum Gasteiger partial charge on any atom is -0.506 e. The van der Waals surface area contributed by atoms with Crippen LogP contribution in [0.1, 0.15) is 5.56 Å². The molecule has 0 spiro atoms. The number of phenols is 1. The minimum absolute atomic E-state index is 0.0248. The van der Waals surface area contributed by atoms with Crippen LogP contribution < -0.4 is 0 Å².